The second-order valence-corrected chi connectivity index (χ2v) is 3.76. The Morgan fingerprint density at radius 3 is 2.88 bits per heavy atom. The van der Waals surface area contributed by atoms with Crippen LogP contribution in [0.5, 0.6) is 0 Å². The van der Waals surface area contributed by atoms with Crippen LogP contribution < -0.4 is 11.2 Å². The van der Waals surface area contributed by atoms with Crippen molar-refractivity contribution < 1.29 is 19.3 Å². The molecule has 7 nitrogen and oxygen atoms in total. The van der Waals surface area contributed by atoms with Crippen LogP contribution in [0.4, 0.5) is 4.39 Å². The Bertz CT molecular complexity index is 525. The lowest BCUT2D eigenvalue weighted by Crippen LogP contribution is -2.34. The highest BCUT2D eigenvalue weighted by molar-refractivity contribution is 4.90. The molecular formula is C9H11FN2O5. The number of aromatic amines is 1. The van der Waals surface area contributed by atoms with E-state index in [1.165, 1.54) is 0 Å². The van der Waals surface area contributed by atoms with Gasteiger partial charge in [-0.05, 0) is 0 Å². The second-order valence-electron chi connectivity index (χ2n) is 3.76. The van der Waals surface area contributed by atoms with E-state index in [2.05, 4.69) is 0 Å². The van der Waals surface area contributed by atoms with Gasteiger partial charge in [0.1, 0.15) is 12.3 Å². The highest BCUT2D eigenvalue weighted by Gasteiger charge is 2.35. The topological polar surface area (TPSA) is 105 Å². The first-order valence-corrected chi connectivity index (χ1v) is 4.98. The zero-order valence-electron chi connectivity index (χ0n) is 8.67. The summed E-state index contributed by atoms with van der Waals surface area (Å²) in [7, 11) is 0. The summed E-state index contributed by atoms with van der Waals surface area (Å²) in [6.45, 7) is -0.405. The van der Waals surface area contributed by atoms with Crippen LogP contribution in [0, 0.1) is 5.82 Å². The maximum absolute atomic E-state index is 13.0. The van der Waals surface area contributed by atoms with Crippen molar-refractivity contribution in [1.29, 1.82) is 0 Å². The summed E-state index contributed by atoms with van der Waals surface area (Å²) in [6, 6.07) is 0. The van der Waals surface area contributed by atoms with Gasteiger partial charge < -0.3 is 14.9 Å². The fraction of sp³-hybridized carbons (Fsp3) is 0.556. The minimum atomic E-state index is -1.12. The van der Waals surface area contributed by atoms with Crippen LogP contribution in [-0.4, -0.2) is 38.6 Å². The molecule has 0 radical (unpaired) electrons. The van der Waals surface area contributed by atoms with Crippen LogP contribution >= 0.6 is 0 Å². The van der Waals surface area contributed by atoms with Crippen molar-refractivity contribution in [2.75, 3.05) is 6.61 Å². The zero-order chi connectivity index (χ0) is 12.6. The number of rotatable bonds is 2. The molecular weight excluding hydrogens is 235 g/mol. The predicted octanol–water partition coefficient (Wildman–Crippen LogP) is -1.68. The third kappa shape index (κ3) is 2.14. The number of hydrogen-bond acceptors (Lipinski definition) is 5. The van der Waals surface area contributed by atoms with Crippen LogP contribution in [0.25, 0.3) is 0 Å². The molecule has 17 heavy (non-hydrogen) atoms. The summed E-state index contributed by atoms with van der Waals surface area (Å²) < 4.78 is 19.0. The first-order valence-electron chi connectivity index (χ1n) is 4.98. The molecule has 1 aromatic heterocycles. The summed E-state index contributed by atoms with van der Waals surface area (Å²) in [6.07, 6.45) is -1.90. The van der Waals surface area contributed by atoms with Crippen LogP contribution in [0.1, 0.15) is 12.6 Å². The molecule has 1 aromatic rings. The van der Waals surface area contributed by atoms with E-state index in [9.17, 15) is 19.1 Å². The Morgan fingerprint density at radius 2 is 2.29 bits per heavy atom. The molecule has 3 N–H and O–H groups in total. The number of aliphatic hydroxyl groups is 2. The third-order valence-electron chi connectivity index (χ3n) is 2.62. The normalized spacial score (nSPS) is 28.5. The van der Waals surface area contributed by atoms with Gasteiger partial charge in [0.15, 0.2) is 0 Å². The highest BCUT2D eigenvalue weighted by Crippen LogP contribution is 2.26. The number of ether oxygens (including phenoxy) is 1. The van der Waals surface area contributed by atoms with E-state index in [0.717, 1.165) is 10.8 Å². The molecule has 1 fully saturated rings. The molecule has 1 saturated heterocycles. The number of hydrogen-bond donors (Lipinski definition) is 3. The van der Waals surface area contributed by atoms with Gasteiger partial charge in [-0.2, -0.15) is 4.39 Å². The maximum atomic E-state index is 13.0. The lowest BCUT2D eigenvalue weighted by atomic mass is 10.2. The minimum absolute atomic E-state index is 0.0383. The number of aliphatic hydroxyl groups excluding tert-OH is 2. The average Bonchev–Trinajstić information content (AvgIpc) is 2.65. The Hall–Kier alpha value is -1.51. The third-order valence-corrected chi connectivity index (χ3v) is 2.62. The summed E-state index contributed by atoms with van der Waals surface area (Å²) >= 11 is 0. The molecule has 2 rings (SSSR count). The molecule has 8 heteroatoms. The number of H-pyrrole nitrogens is 1. The number of nitrogens with one attached hydrogen (secondary N) is 1. The molecule has 1 aliphatic heterocycles. The van der Waals surface area contributed by atoms with Gasteiger partial charge >= 0.3 is 5.69 Å². The SMILES string of the molecule is O=c1[nH]c(=O)n(C2CC(O)[C@@H](CO)O2)cc1F. The second kappa shape index (κ2) is 4.40. The van der Waals surface area contributed by atoms with Crippen molar-refractivity contribution in [3.05, 3.63) is 32.9 Å². The first kappa shape index (κ1) is 12.0. The maximum Gasteiger partial charge on any atom is 0.330 e. The van der Waals surface area contributed by atoms with Gasteiger partial charge in [0.2, 0.25) is 5.82 Å². The van der Waals surface area contributed by atoms with Crippen LogP contribution in [0.15, 0.2) is 15.8 Å². The first-order chi connectivity index (χ1) is 8.02. The van der Waals surface area contributed by atoms with E-state index in [0.29, 0.717) is 0 Å². The molecule has 0 aromatic carbocycles. The monoisotopic (exact) mass is 246 g/mol. The molecule has 0 bridgehead atoms. The fourth-order valence-corrected chi connectivity index (χ4v) is 1.72. The van der Waals surface area contributed by atoms with Crippen LogP contribution in [0.3, 0.4) is 0 Å². The van der Waals surface area contributed by atoms with Crippen LogP contribution in [0.2, 0.25) is 0 Å². The van der Waals surface area contributed by atoms with E-state index in [1.54, 1.807) is 4.98 Å². The molecule has 0 amide bonds. The summed E-state index contributed by atoms with van der Waals surface area (Å²) in [5, 5.41) is 18.3. The van der Waals surface area contributed by atoms with Gasteiger partial charge in [0.05, 0.1) is 18.9 Å². The standard InChI is InChI=1S/C9H11FN2O5/c10-4-2-12(9(16)11-8(4)15)7-1-5(14)6(3-13)17-7/h2,5-7,13-14H,1,3H2,(H,11,15,16)/t5?,6-,7?/m1/s1. The van der Waals surface area contributed by atoms with E-state index in [-0.39, 0.29) is 6.42 Å². The van der Waals surface area contributed by atoms with E-state index in [1.807, 2.05) is 0 Å². The van der Waals surface area contributed by atoms with Crippen molar-refractivity contribution in [2.45, 2.75) is 24.9 Å². The molecule has 2 heterocycles. The van der Waals surface area contributed by atoms with Gasteiger partial charge in [-0.1, -0.05) is 0 Å². The molecule has 0 saturated carbocycles. The van der Waals surface area contributed by atoms with Crippen molar-refractivity contribution in [3.8, 4) is 0 Å². The van der Waals surface area contributed by atoms with Gasteiger partial charge in [0.25, 0.3) is 5.56 Å². The largest absolute Gasteiger partial charge is 0.394 e. The van der Waals surface area contributed by atoms with Crippen molar-refractivity contribution in [3.63, 3.8) is 0 Å². The van der Waals surface area contributed by atoms with Crippen LogP contribution in [-0.2, 0) is 4.74 Å². The van der Waals surface area contributed by atoms with Gasteiger partial charge in [-0.15, -0.1) is 0 Å². The quantitative estimate of drug-likeness (QED) is 0.578. The van der Waals surface area contributed by atoms with Crippen molar-refractivity contribution in [2.24, 2.45) is 0 Å². The Kier molecular flexibility index (Phi) is 3.09. The lowest BCUT2D eigenvalue weighted by Gasteiger charge is -2.13. The molecule has 3 atom stereocenters. The van der Waals surface area contributed by atoms with Crippen molar-refractivity contribution >= 4 is 0 Å². The lowest BCUT2D eigenvalue weighted by molar-refractivity contribution is -0.0462. The van der Waals surface area contributed by atoms with Gasteiger partial charge in [-0.25, -0.2) is 4.79 Å². The number of nitrogens with zero attached hydrogens (tertiary/aromatic N) is 1. The van der Waals surface area contributed by atoms with E-state index in [4.69, 9.17) is 9.84 Å². The Balaban J connectivity index is 2.34. The highest BCUT2D eigenvalue weighted by atomic mass is 19.1. The molecule has 2 unspecified atom stereocenters. The summed E-state index contributed by atoms with van der Waals surface area (Å²) in [5.41, 5.74) is -1.93. The van der Waals surface area contributed by atoms with Gasteiger partial charge in [0, 0.05) is 6.42 Å². The summed E-state index contributed by atoms with van der Waals surface area (Å²) in [5.74, 6) is -1.12. The van der Waals surface area contributed by atoms with Crippen molar-refractivity contribution in [1.82, 2.24) is 9.55 Å². The minimum Gasteiger partial charge on any atom is -0.394 e. The average molecular weight is 246 g/mol. The Morgan fingerprint density at radius 1 is 1.59 bits per heavy atom. The summed E-state index contributed by atoms with van der Waals surface area (Å²) in [4.78, 5) is 24.0. The smallest absolute Gasteiger partial charge is 0.330 e. The molecule has 94 valence electrons. The molecule has 0 aliphatic carbocycles. The Labute approximate surface area is 94.1 Å². The van der Waals surface area contributed by atoms with E-state index < -0.39 is 42.1 Å². The number of halogens is 1. The zero-order valence-corrected chi connectivity index (χ0v) is 8.67. The predicted molar refractivity (Wildman–Crippen MR) is 52.9 cm³/mol. The molecule has 1 aliphatic rings. The number of aromatic nitrogens is 2. The molecule has 0 spiro atoms. The fourth-order valence-electron chi connectivity index (χ4n) is 1.72. The van der Waals surface area contributed by atoms with Gasteiger partial charge in [-0.3, -0.25) is 14.3 Å². The van der Waals surface area contributed by atoms with E-state index >= 15 is 0 Å².